The second-order valence-corrected chi connectivity index (χ2v) is 1.69. The maximum atomic E-state index is 10.0. The third-order valence-electron chi connectivity index (χ3n) is 0.836. The summed E-state index contributed by atoms with van der Waals surface area (Å²) in [6, 6.07) is 0. The average molecular weight is 164 g/mol. The summed E-state index contributed by atoms with van der Waals surface area (Å²) < 4.78 is 4.07. The molecule has 0 fully saturated rings. The molecule has 1 rings (SSSR count). The Bertz CT molecular complexity index is 247. The van der Waals surface area contributed by atoms with E-state index in [1.807, 2.05) is 0 Å². The van der Waals surface area contributed by atoms with Crippen molar-refractivity contribution in [3.8, 4) is 0 Å². The van der Waals surface area contributed by atoms with Gasteiger partial charge in [0.25, 0.3) is 0 Å². The van der Waals surface area contributed by atoms with Gasteiger partial charge < -0.3 is 10.1 Å². The minimum absolute atomic E-state index is 0.0478. The average Bonchev–Trinajstić information content (AvgIpc) is 2.33. The Morgan fingerprint density at radius 1 is 1.70 bits per heavy atom. The van der Waals surface area contributed by atoms with Gasteiger partial charge in [0.15, 0.2) is 5.16 Å². The molecule has 1 heterocycles. The minimum atomic E-state index is -0.700. The van der Waals surface area contributed by atoms with Crippen LogP contribution in [0.3, 0.4) is 0 Å². The van der Waals surface area contributed by atoms with Gasteiger partial charge >= 0.3 is 5.82 Å². The Hall–Kier alpha value is -1.17. The zero-order valence-electron chi connectivity index (χ0n) is 4.65. The van der Waals surface area contributed by atoms with E-state index < -0.39 is 10.7 Å². The Kier molecular flexibility index (Phi) is 1.81. The van der Waals surface area contributed by atoms with Crippen LogP contribution < -0.4 is 0 Å². The maximum absolute atomic E-state index is 10.0. The fourth-order valence-electron chi connectivity index (χ4n) is 0.425. The van der Waals surface area contributed by atoms with E-state index in [1.54, 1.807) is 0 Å². The number of alkyl halides is 1. The van der Waals surface area contributed by atoms with Crippen molar-refractivity contribution in [2.24, 2.45) is 0 Å². The highest BCUT2D eigenvalue weighted by Crippen LogP contribution is 2.13. The molecule has 0 atom stereocenters. The van der Waals surface area contributed by atoms with Crippen LogP contribution in [-0.4, -0.2) is 15.2 Å². The first-order valence-corrected chi connectivity index (χ1v) is 2.81. The van der Waals surface area contributed by atoms with Gasteiger partial charge in [-0.05, 0) is 10.1 Å². The van der Waals surface area contributed by atoms with E-state index >= 15 is 0 Å². The van der Waals surface area contributed by atoms with E-state index in [-0.39, 0.29) is 11.6 Å². The molecule has 1 aromatic rings. The molecule has 0 aliphatic carbocycles. The first-order chi connectivity index (χ1) is 4.75. The summed E-state index contributed by atoms with van der Waals surface area (Å²) in [4.78, 5) is 9.33. The van der Waals surface area contributed by atoms with Gasteiger partial charge in [-0.15, -0.1) is 16.2 Å². The van der Waals surface area contributed by atoms with E-state index in [0.29, 0.717) is 0 Å². The van der Waals surface area contributed by atoms with Crippen LogP contribution in [-0.2, 0) is 5.88 Å². The summed E-state index contributed by atoms with van der Waals surface area (Å²) >= 11 is 5.25. The van der Waals surface area contributed by atoms with Crippen molar-refractivity contribution in [3.05, 3.63) is 15.8 Å². The van der Waals surface area contributed by atoms with E-state index in [2.05, 4.69) is 14.9 Å². The Balaban J connectivity index is 3.01. The molecule has 0 bridgehead atoms. The molecule has 0 spiro atoms. The zero-order valence-corrected chi connectivity index (χ0v) is 5.41. The number of aromatic nitrogens is 2. The summed E-state index contributed by atoms with van der Waals surface area (Å²) in [6.07, 6.45) is 0. The molecular weight excluding hydrogens is 162 g/mol. The van der Waals surface area contributed by atoms with Gasteiger partial charge in [0.05, 0.1) is 5.88 Å². The molecule has 0 saturated heterocycles. The largest absolute Gasteiger partial charge is 0.439 e. The predicted molar refractivity (Wildman–Crippen MR) is 30.5 cm³/mol. The van der Waals surface area contributed by atoms with Crippen molar-refractivity contribution in [2.75, 3.05) is 0 Å². The quantitative estimate of drug-likeness (QED) is 0.364. The number of nitrogens with zero attached hydrogens (tertiary/aromatic N) is 3. The molecule has 0 aromatic carbocycles. The van der Waals surface area contributed by atoms with Gasteiger partial charge in [0.2, 0.25) is 5.69 Å². The Morgan fingerprint density at radius 2 is 2.40 bits per heavy atom. The lowest BCUT2D eigenvalue weighted by atomic mass is 10.5. The molecular formula is C3H2ClN3O3. The van der Waals surface area contributed by atoms with Crippen LogP contribution in [0.2, 0.25) is 0 Å². The molecule has 0 radical (unpaired) electrons. The first kappa shape index (κ1) is 6.94. The van der Waals surface area contributed by atoms with E-state index in [9.17, 15) is 10.1 Å². The second-order valence-electron chi connectivity index (χ2n) is 1.43. The predicted octanol–water partition coefficient (Wildman–Crippen LogP) is 0.717. The summed E-state index contributed by atoms with van der Waals surface area (Å²) in [5.74, 6) is -0.491. The summed E-state index contributed by atoms with van der Waals surface area (Å²) in [6.45, 7) is 0. The van der Waals surface area contributed by atoms with Crippen molar-refractivity contribution < 1.29 is 9.55 Å². The van der Waals surface area contributed by atoms with E-state index in [4.69, 9.17) is 11.6 Å². The van der Waals surface area contributed by atoms with Gasteiger partial charge in [-0.25, -0.2) is 0 Å². The highest BCUT2D eigenvalue weighted by atomic mass is 35.5. The molecule has 0 N–H and O–H groups in total. The standard InChI is InChI=1S/C3H2ClN3O3/c4-1-2-3(7(8)9)6-10-5-2/h1H2. The SMILES string of the molecule is O=[N+]([O-])c1nonc1CCl. The normalized spacial score (nSPS) is 9.70. The number of rotatable bonds is 2. The number of nitro groups is 1. The van der Waals surface area contributed by atoms with Gasteiger partial charge in [0, 0.05) is 0 Å². The maximum Gasteiger partial charge on any atom is 0.439 e. The van der Waals surface area contributed by atoms with Gasteiger partial charge in [0.1, 0.15) is 0 Å². The Labute approximate surface area is 59.9 Å². The third kappa shape index (κ3) is 1.06. The van der Waals surface area contributed by atoms with Crippen LogP contribution in [0.5, 0.6) is 0 Å². The molecule has 0 aliphatic rings. The van der Waals surface area contributed by atoms with Crippen molar-refractivity contribution in [2.45, 2.75) is 5.88 Å². The topological polar surface area (TPSA) is 82.1 Å². The van der Waals surface area contributed by atoms with Gasteiger partial charge in [-0.2, -0.15) is 0 Å². The molecule has 7 heteroatoms. The zero-order chi connectivity index (χ0) is 7.56. The Morgan fingerprint density at radius 3 is 2.80 bits per heavy atom. The monoisotopic (exact) mass is 163 g/mol. The number of hydrogen-bond donors (Lipinski definition) is 0. The van der Waals surface area contributed by atoms with Gasteiger partial charge in [-0.3, -0.25) is 0 Å². The third-order valence-corrected chi connectivity index (χ3v) is 1.09. The van der Waals surface area contributed by atoms with Crippen molar-refractivity contribution in [1.82, 2.24) is 10.3 Å². The molecule has 10 heavy (non-hydrogen) atoms. The fraction of sp³-hybridized carbons (Fsp3) is 0.333. The first-order valence-electron chi connectivity index (χ1n) is 2.27. The molecule has 54 valence electrons. The lowest BCUT2D eigenvalue weighted by Crippen LogP contribution is -1.91. The second kappa shape index (κ2) is 2.61. The summed E-state index contributed by atoms with van der Waals surface area (Å²) in [5, 5.41) is 16.2. The molecule has 1 aromatic heterocycles. The molecule has 0 aliphatic heterocycles. The molecule has 0 unspecified atom stereocenters. The van der Waals surface area contributed by atoms with Gasteiger partial charge in [-0.1, -0.05) is 0 Å². The van der Waals surface area contributed by atoms with Crippen LogP contribution in [0.25, 0.3) is 0 Å². The van der Waals surface area contributed by atoms with Crippen molar-refractivity contribution in [1.29, 1.82) is 0 Å². The van der Waals surface area contributed by atoms with Crippen molar-refractivity contribution in [3.63, 3.8) is 0 Å². The van der Waals surface area contributed by atoms with Crippen LogP contribution in [0, 0.1) is 10.1 Å². The molecule has 6 nitrogen and oxygen atoms in total. The van der Waals surface area contributed by atoms with Crippen LogP contribution in [0.1, 0.15) is 5.69 Å². The smallest absolute Gasteiger partial charge is 0.358 e. The lowest BCUT2D eigenvalue weighted by Gasteiger charge is -1.84. The van der Waals surface area contributed by atoms with E-state index in [0.717, 1.165) is 0 Å². The summed E-state index contributed by atoms with van der Waals surface area (Å²) in [7, 11) is 0. The lowest BCUT2D eigenvalue weighted by molar-refractivity contribution is -0.391. The summed E-state index contributed by atoms with van der Waals surface area (Å²) in [5.41, 5.74) is 0.0478. The molecule has 0 amide bonds. The van der Waals surface area contributed by atoms with Crippen LogP contribution >= 0.6 is 11.6 Å². The van der Waals surface area contributed by atoms with E-state index in [1.165, 1.54) is 0 Å². The number of halogens is 1. The molecule has 0 saturated carbocycles. The highest BCUT2D eigenvalue weighted by Gasteiger charge is 2.20. The number of hydrogen-bond acceptors (Lipinski definition) is 5. The fourth-order valence-corrected chi connectivity index (χ4v) is 0.593. The van der Waals surface area contributed by atoms with Crippen molar-refractivity contribution >= 4 is 17.4 Å². The van der Waals surface area contributed by atoms with Crippen LogP contribution in [0.4, 0.5) is 5.82 Å². The van der Waals surface area contributed by atoms with Crippen LogP contribution in [0.15, 0.2) is 4.63 Å². The minimum Gasteiger partial charge on any atom is -0.358 e. The highest BCUT2D eigenvalue weighted by molar-refractivity contribution is 6.17.